The molecule has 25 heavy (non-hydrogen) atoms. The largest absolute Gasteiger partial charge is 0.469 e. The number of aryl methyl sites for hydroxylation is 2. The van der Waals surface area contributed by atoms with Gasteiger partial charge in [0.05, 0.1) is 30.4 Å². The van der Waals surface area contributed by atoms with Crippen LogP contribution in [0.5, 0.6) is 0 Å². The van der Waals surface area contributed by atoms with E-state index in [1.807, 2.05) is 29.7 Å². The summed E-state index contributed by atoms with van der Waals surface area (Å²) in [5.41, 5.74) is 2.84. The lowest BCUT2D eigenvalue weighted by Gasteiger charge is -2.08. The zero-order chi connectivity index (χ0) is 18.4. The molecule has 0 atom stereocenters. The van der Waals surface area contributed by atoms with Crippen molar-refractivity contribution < 1.29 is 19.1 Å². The molecule has 0 fully saturated rings. The Morgan fingerprint density at radius 3 is 2.76 bits per heavy atom. The molecule has 1 N–H and O–H groups in total. The minimum absolute atomic E-state index is 0.231. The zero-order valence-corrected chi connectivity index (χ0v) is 14.8. The maximum Gasteiger partial charge on any atom is 0.412 e. The standard InChI is InChI=1S/C18H23N3O4/c1-5-21-15-10-13(7-9-17(22)24-4)6-8-14(15)20-16(21)11-19-18(23)25-12(2)3/h6,8,10H,2,5,7,9,11H2,1,3-4H3,(H,19,23). The first-order valence-corrected chi connectivity index (χ1v) is 8.10. The van der Waals surface area contributed by atoms with Gasteiger partial charge in [-0.25, -0.2) is 9.78 Å². The van der Waals surface area contributed by atoms with Crippen molar-refractivity contribution in [2.45, 2.75) is 39.8 Å². The fourth-order valence-corrected chi connectivity index (χ4v) is 2.56. The summed E-state index contributed by atoms with van der Waals surface area (Å²) in [7, 11) is 1.38. The molecule has 1 heterocycles. The summed E-state index contributed by atoms with van der Waals surface area (Å²) in [5.74, 6) is 0.836. The minimum atomic E-state index is -0.555. The first kappa shape index (κ1) is 18.5. The number of benzene rings is 1. The van der Waals surface area contributed by atoms with Crippen LogP contribution in [-0.2, 0) is 33.8 Å². The smallest absolute Gasteiger partial charge is 0.412 e. The van der Waals surface area contributed by atoms with Crippen molar-refractivity contribution in [3.8, 4) is 0 Å². The second-order valence-electron chi connectivity index (χ2n) is 5.62. The predicted octanol–water partition coefficient (Wildman–Crippen LogP) is 2.92. The summed E-state index contributed by atoms with van der Waals surface area (Å²) < 4.78 is 11.6. The highest BCUT2D eigenvalue weighted by Gasteiger charge is 2.12. The van der Waals surface area contributed by atoms with E-state index in [1.54, 1.807) is 6.92 Å². The average Bonchev–Trinajstić information content (AvgIpc) is 2.93. The van der Waals surface area contributed by atoms with Crippen molar-refractivity contribution in [1.29, 1.82) is 0 Å². The zero-order valence-electron chi connectivity index (χ0n) is 14.8. The topological polar surface area (TPSA) is 82.4 Å². The van der Waals surface area contributed by atoms with Crippen LogP contribution in [0.4, 0.5) is 4.79 Å². The van der Waals surface area contributed by atoms with Gasteiger partial charge in [0.1, 0.15) is 5.82 Å². The molecule has 1 amide bonds. The van der Waals surface area contributed by atoms with Gasteiger partial charge in [-0.15, -0.1) is 0 Å². The maximum absolute atomic E-state index is 11.6. The van der Waals surface area contributed by atoms with Crippen LogP contribution in [-0.4, -0.2) is 28.7 Å². The Labute approximate surface area is 146 Å². The minimum Gasteiger partial charge on any atom is -0.469 e. The number of methoxy groups -OCH3 is 1. The van der Waals surface area contributed by atoms with Crippen molar-refractivity contribution in [2.24, 2.45) is 0 Å². The number of allylic oxidation sites excluding steroid dienone is 1. The SMILES string of the molecule is C=C(C)OC(=O)NCc1nc2ccc(CCC(=O)OC)cc2n1CC. The number of hydrogen-bond donors (Lipinski definition) is 1. The highest BCUT2D eigenvalue weighted by molar-refractivity contribution is 5.77. The van der Waals surface area contributed by atoms with E-state index in [2.05, 4.69) is 21.6 Å². The quantitative estimate of drug-likeness (QED) is 0.616. The molecule has 0 aliphatic carbocycles. The molecule has 0 radical (unpaired) electrons. The normalized spacial score (nSPS) is 10.5. The van der Waals surface area contributed by atoms with Crippen molar-refractivity contribution in [3.63, 3.8) is 0 Å². The first-order chi connectivity index (χ1) is 11.9. The van der Waals surface area contributed by atoms with E-state index in [9.17, 15) is 9.59 Å². The molecule has 2 rings (SSSR count). The van der Waals surface area contributed by atoms with E-state index in [0.717, 1.165) is 22.4 Å². The number of esters is 1. The molecule has 1 aromatic carbocycles. The van der Waals surface area contributed by atoms with Crippen LogP contribution in [0.15, 0.2) is 30.5 Å². The molecule has 1 aromatic heterocycles. The third-order valence-electron chi connectivity index (χ3n) is 3.71. The highest BCUT2D eigenvalue weighted by atomic mass is 16.6. The van der Waals surface area contributed by atoms with Crippen molar-refractivity contribution in [3.05, 3.63) is 41.9 Å². The number of hydrogen-bond acceptors (Lipinski definition) is 5. The molecule has 7 nitrogen and oxygen atoms in total. The molecule has 0 saturated heterocycles. The number of ether oxygens (including phenoxy) is 2. The molecule has 7 heteroatoms. The van der Waals surface area contributed by atoms with Gasteiger partial charge in [-0.1, -0.05) is 12.6 Å². The fraction of sp³-hybridized carbons (Fsp3) is 0.389. The molecule has 0 aliphatic rings. The Bertz CT molecular complexity index is 795. The Hall–Kier alpha value is -2.83. The van der Waals surface area contributed by atoms with Crippen LogP contribution in [0, 0.1) is 0 Å². The third-order valence-corrected chi connectivity index (χ3v) is 3.71. The van der Waals surface area contributed by atoms with Gasteiger partial charge >= 0.3 is 12.1 Å². The summed E-state index contributed by atoms with van der Waals surface area (Å²) in [6, 6.07) is 5.89. The molecule has 0 spiro atoms. The highest BCUT2D eigenvalue weighted by Crippen LogP contribution is 2.19. The second kappa shape index (κ2) is 8.32. The molecular formula is C18H23N3O4. The molecular weight excluding hydrogens is 322 g/mol. The van der Waals surface area contributed by atoms with E-state index < -0.39 is 6.09 Å². The van der Waals surface area contributed by atoms with Gasteiger partial charge in [0.15, 0.2) is 0 Å². The summed E-state index contributed by atoms with van der Waals surface area (Å²) in [6.07, 6.45) is 0.389. The van der Waals surface area contributed by atoms with Crippen LogP contribution in [0.25, 0.3) is 11.0 Å². The number of alkyl carbamates (subject to hydrolysis) is 1. The lowest BCUT2D eigenvalue weighted by atomic mass is 10.1. The second-order valence-corrected chi connectivity index (χ2v) is 5.62. The van der Waals surface area contributed by atoms with Gasteiger partial charge in [0.25, 0.3) is 0 Å². The first-order valence-electron chi connectivity index (χ1n) is 8.10. The summed E-state index contributed by atoms with van der Waals surface area (Å²) in [6.45, 7) is 8.12. The van der Waals surface area contributed by atoms with Gasteiger partial charge in [0.2, 0.25) is 0 Å². The van der Waals surface area contributed by atoms with Gasteiger partial charge in [-0.3, -0.25) is 4.79 Å². The lowest BCUT2D eigenvalue weighted by molar-refractivity contribution is -0.140. The van der Waals surface area contributed by atoms with Crippen LogP contribution in [0.1, 0.15) is 31.7 Å². The van der Waals surface area contributed by atoms with Crippen molar-refractivity contribution in [2.75, 3.05) is 7.11 Å². The molecule has 0 bridgehead atoms. The Morgan fingerprint density at radius 1 is 1.36 bits per heavy atom. The fourth-order valence-electron chi connectivity index (χ4n) is 2.56. The maximum atomic E-state index is 11.6. The van der Waals surface area contributed by atoms with Gasteiger partial charge < -0.3 is 19.4 Å². The number of aromatic nitrogens is 2. The van der Waals surface area contributed by atoms with Gasteiger partial charge in [-0.05, 0) is 38.0 Å². The molecule has 0 unspecified atom stereocenters. The summed E-state index contributed by atoms with van der Waals surface area (Å²) in [5, 5.41) is 2.66. The number of carbonyl (C=O) groups is 2. The van der Waals surface area contributed by atoms with Crippen LogP contribution >= 0.6 is 0 Å². The van der Waals surface area contributed by atoms with Crippen molar-refractivity contribution in [1.82, 2.24) is 14.9 Å². The summed E-state index contributed by atoms with van der Waals surface area (Å²) >= 11 is 0. The molecule has 0 aliphatic heterocycles. The van der Waals surface area contributed by atoms with Gasteiger partial charge in [0, 0.05) is 13.0 Å². The Kier molecular flexibility index (Phi) is 6.16. The monoisotopic (exact) mass is 345 g/mol. The number of fused-ring (bicyclic) bond motifs is 1. The van der Waals surface area contributed by atoms with E-state index in [1.165, 1.54) is 7.11 Å². The van der Waals surface area contributed by atoms with Crippen LogP contribution in [0.2, 0.25) is 0 Å². The third kappa shape index (κ3) is 4.82. The van der Waals surface area contributed by atoms with Crippen molar-refractivity contribution >= 4 is 23.1 Å². The molecule has 0 saturated carbocycles. The van der Waals surface area contributed by atoms with E-state index in [0.29, 0.717) is 25.1 Å². The lowest BCUT2D eigenvalue weighted by Crippen LogP contribution is -2.24. The number of nitrogens with zero attached hydrogens (tertiary/aromatic N) is 2. The van der Waals surface area contributed by atoms with E-state index in [4.69, 9.17) is 4.74 Å². The van der Waals surface area contributed by atoms with E-state index >= 15 is 0 Å². The Balaban J connectivity index is 2.17. The van der Waals surface area contributed by atoms with E-state index in [-0.39, 0.29) is 12.5 Å². The number of carbonyl (C=O) groups excluding carboxylic acids is 2. The van der Waals surface area contributed by atoms with Crippen LogP contribution < -0.4 is 5.32 Å². The molecule has 2 aromatic rings. The number of imidazole rings is 1. The average molecular weight is 345 g/mol. The Morgan fingerprint density at radius 2 is 2.12 bits per heavy atom. The molecule has 134 valence electrons. The predicted molar refractivity (Wildman–Crippen MR) is 93.9 cm³/mol. The van der Waals surface area contributed by atoms with Crippen LogP contribution in [0.3, 0.4) is 0 Å². The summed E-state index contributed by atoms with van der Waals surface area (Å²) in [4.78, 5) is 27.5. The number of nitrogens with one attached hydrogen (secondary N) is 1. The van der Waals surface area contributed by atoms with Gasteiger partial charge in [-0.2, -0.15) is 0 Å². The number of rotatable bonds is 7. The number of amides is 1.